The molecule has 0 unspecified atom stereocenters. The molecule has 1 radical (unpaired) electrons. The molecule has 0 saturated carbocycles. The molecule has 0 fully saturated rings. The van der Waals surface area contributed by atoms with Gasteiger partial charge in [-0.05, 0) is 155 Å². The van der Waals surface area contributed by atoms with E-state index in [-0.39, 0.29) is 5.28 Å². The van der Waals surface area contributed by atoms with E-state index in [0.717, 1.165) is 143 Å². The Labute approximate surface area is 782 Å². The maximum Gasteiger partial charge on any atom is 0.569 e. The lowest BCUT2D eigenvalue weighted by Gasteiger charge is -2.14. The van der Waals surface area contributed by atoms with Crippen molar-refractivity contribution in [3.05, 3.63) is 428 Å². The zero-order valence-electron chi connectivity index (χ0n) is 71.0. The van der Waals surface area contributed by atoms with E-state index in [2.05, 4.69) is 167 Å². The molecule has 19 aromatic carbocycles. The molecule has 0 aliphatic carbocycles. The summed E-state index contributed by atoms with van der Waals surface area (Å²) in [6.07, 6.45) is 0. The van der Waals surface area contributed by atoms with Crippen molar-refractivity contribution >= 4 is 175 Å². The van der Waals surface area contributed by atoms with E-state index >= 15 is 0 Å². The number of rotatable bonds is 12. The van der Waals surface area contributed by atoms with Crippen molar-refractivity contribution < 1.29 is 33.0 Å². The van der Waals surface area contributed by atoms with Gasteiger partial charge in [0.05, 0.1) is 15.4 Å². The van der Waals surface area contributed by atoms with Crippen LogP contribution in [-0.4, -0.2) is 74.7 Å². The second-order valence-electron chi connectivity index (χ2n) is 31.6. The Balaban J connectivity index is 0.000000108. The highest BCUT2D eigenvalue weighted by molar-refractivity contribution is 6.59. The van der Waals surface area contributed by atoms with Crippen molar-refractivity contribution in [1.82, 2.24) is 44.9 Å². The first-order chi connectivity index (χ1) is 65.9. The van der Waals surface area contributed by atoms with Gasteiger partial charge >= 0.3 is 14.8 Å². The first-order valence-corrected chi connectivity index (χ1v) is 44.2. The van der Waals surface area contributed by atoms with Crippen LogP contribution in [0.2, 0.25) is 15.3 Å². The molecule has 637 valence electrons. The highest BCUT2D eigenvalue weighted by Gasteiger charge is 2.25. The zero-order valence-corrected chi connectivity index (χ0v) is 73.3. The van der Waals surface area contributed by atoms with E-state index in [4.69, 9.17) is 97.7 Å². The van der Waals surface area contributed by atoms with Gasteiger partial charge in [0, 0.05) is 77.0 Å². The Hall–Kier alpha value is -16.4. The van der Waals surface area contributed by atoms with Crippen molar-refractivity contribution in [2.75, 3.05) is 0 Å². The summed E-state index contributed by atoms with van der Waals surface area (Å²) in [5.74, 6) is 5.13. The van der Waals surface area contributed by atoms with Crippen LogP contribution in [0.25, 0.3) is 222 Å². The molecule has 0 aliphatic heterocycles. The van der Waals surface area contributed by atoms with Crippen molar-refractivity contribution in [2.45, 2.75) is 0 Å². The molecule has 0 aliphatic rings. The molecule has 0 atom stereocenters. The van der Waals surface area contributed by atoms with Crippen LogP contribution >= 0.6 is 34.8 Å². The van der Waals surface area contributed by atoms with Crippen molar-refractivity contribution in [3.8, 4) is 108 Å². The molecule has 0 amide bonds. The average Bonchev–Trinajstić information content (AvgIpc) is 1.34. The molecular formula is C113H71B2Cl3N9O7. The summed E-state index contributed by atoms with van der Waals surface area (Å²) in [4.78, 5) is 43.0. The quantitative estimate of drug-likeness (QED) is 0.0967. The average molecular weight is 1790 g/mol. The van der Waals surface area contributed by atoms with Gasteiger partial charge in [0.2, 0.25) is 5.28 Å². The number of nitrogens with zero attached hydrogens (tertiary/aromatic N) is 9. The number of hydrogen-bond donors (Lipinski definition) is 3. The first kappa shape index (κ1) is 84.4. The topological polar surface area (TPSA) is 225 Å². The fourth-order valence-electron chi connectivity index (χ4n) is 16.7. The van der Waals surface area contributed by atoms with Gasteiger partial charge in [0.25, 0.3) is 0 Å². The number of hydrogen-bond acceptors (Lipinski definition) is 16. The van der Waals surface area contributed by atoms with Crippen LogP contribution in [-0.2, 0) is 0 Å². The Bertz CT molecular complexity index is 8740. The minimum atomic E-state index is -1.38. The van der Waals surface area contributed by atoms with Crippen LogP contribution in [0.1, 0.15) is 0 Å². The van der Waals surface area contributed by atoms with Crippen LogP contribution in [0.3, 0.4) is 0 Å². The van der Waals surface area contributed by atoms with Gasteiger partial charge in [-0.3, -0.25) is 0 Å². The fraction of sp³-hybridized carbons (Fsp3) is 0. The molecule has 0 saturated heterocycles. The van der Waals surface area contributed by atoms with Crippen LogP contribution in [0, 0.1) is 0 Å². The third-order valence-electron chi connectivity index (χ3n) is 23.2. The Morgan fingerprint density at radius 1 is 0.239 bits per heavy atom. The van der Waals surface area contributed by atoms with Gasteiger partial charge in [0.15, 0.2) is 46.6 Å². The van der Waals surface area contributed by atoms with Crippen LogP contribution in [0.5, 0.6) is 5.75 Å². The number of para-hydroxylation sites is 3. The number of furan rings is 3. The summed E-state index contributed by atoms with van der Waals surface area (Å²) < 4.78 is 23.0. The highest BCUT2D eigenvalue weighted by atomic mass is 35.5. The molecule has 6 heterocycles. The molecule has 0 spiro atoms. The van der Waals surface area contributed by atoms with E-state index in [0.29, 0.717) is 81.1 Å². The predicted octanol–water partition coefficient (Wildman–Crippen LogP) is 28.0. The summed E-state index contributed by atoms with van der Waals surface area (Å²) in [5.41, 5.74) is 14.5. The van der Waals surface area contributed by atoms with E-state index < -0.39 is 7.12 Å². The Morgan fingerprint density at radius 2 is 0.537 bits per heavy atom. The highest BCUT2D eigenvalue weighted by Crippen LogP contribution is 2.46. The van der Waals surface area contributed by atoms with Crippen LogP contribution < -0.4 is 10.1 Å². The molecule has 25 aromatic rings. The molecule has 16 nitrogen and oxygen atoms in total. The van der Waals surface area contributed by atoms with Crippen molar-refractivity contribution in [1.29, 1.82) is 0 Å². The third kappa shape index (κ3) is 17.5. The van der Waals surface area contributed by atoms with Gasteiger partial charge < -0.3 is 33.0 Å². The first-order valence-electron chi connectivity index (χ1n) is 43.1. The minimum absolute atomic E-state index is 0.196. The monoisotopic (exact) mass is 1790 g/mol. The van der Waals surface area contributed by atoms with Gasteiger partial charge in [-0.15, -0.1) is 0 Å². The number of aromatic nitrogens is 9. The van der Waals surface area contributed by atoms with Crippen molar-refractivity contribution in [3.63, 3.8) is 0 Å². The zero-order chi connectivity index (χ0) is 90.5. The predicted molar refractivity (Wildman–Crippen MR) is 544 cm³/mol. The van der Waals surface area contributed by atoms with E-state index in [1.807, 2.05) is 237 Å². The van der Waals surface area contributed by atoms with Gasteiger partial charge in [-0.2, -0.15) is 9.97 Å². The molecule has 6 aromatic heterocycles. The molecule has 3 N–H and O–H groups in total. The SMILES string of the molecule is Clc1c(-c2nc(-c3ccccc3)nc(-c3ccc4ccccc4c3)n2)ccc2oc3ccccc3c12.Clc1nc(-c2ccccc2)nc(-c2ccc3ccccc3c2)n1.OB(O)c1ccc2ccccc2c1.O[B]Oc1ccc2oc3ccccc3c2c1Cl.c1ccc(-c2nc(-c3ccc4ccccc4c3)nc(-c3ccc4oc5ccccc5c4c3-c3ccc4ccccc4c3)n2)cc1. The second-order valence-corrected chi connectivity index (χ2v) is 32.7. The maximum absolute atomic E-state index is 8.94. The smallest absolute Gasteiger partial charge is 0.536 e. The summed E-state index contributed by atoms with van der Waals surface area (Å²) in [6, 6.07) is 137. The molecular weight excluding hydrogens is 1720 g/mol. The van der Waals surface area contributed by atoms with Gasteiger partial charge in [0.1, 0.15) is 39.2 Å². The van der Waals surface area contributed by atoms with E-state index in [1.165, 1.54) is 26.9 Å². The number of benzene rings is 19. The fourth-order valence-corrected chi connectivity index (χ4v) is 17.5. The summed E-state index contributed by atoms with van der Waals surface area (Å²) in [6.45, 7) is 0. The van der Waals surface area contributed by atoms with Crippen molar-refractivity contribution in [2.24, 2.45) is 0 Å². The summed E-state index contributed by atoms with van der Waals surface area (Å²) in [7, 11) is -0.778. The maximum atomic E-state index is 8.94. The van der Waals surface area contributed by atoms with Gasteiger partial charge in [-0.25, -0.2) is 34.9 Å². The molecule has 0 bridgehead atoms. The lowest BCUT2D eigenvalue weighted by atomic mass is 9.79. The molecule has 21 heteroatoms. The second kappa shape index (κ2) is 37.6. The molecule has 25 rings (SSSR count). The largest absolute Gasteiger partial charge is 0.569 e. The number of halogens is 3. The van der Waals surface area contributed by atoms with E-state index in [9.17, 15) is 0 Å². The van der Waals surface area contributed by atoms with Crippen LogP contribution in [0.15, 0.2) is 426 Å². The number of fused-ring (bicyclic) bond motifs is 14. The Kier molecular flexibility index (Phi) is 23.7. The van der Waals surface area contributed by atoms with E-state index in [1.54, 1.807) is 24.3 Å². The minimum Gasteiger partial charge on any atom is -0.536 e. The Morgan fingerprint density at radius 3 is 0.955 bits per heavy atom. The lowest BCUT2D eigenvalue weighted by molar-refractivity contribution is 0.426. The summed E-state index contributed by atoms with van der Waals surface area (Å²) >= 11 is 19.3. The lowest BCUT2D eigenvalue weighted by Crippen LogP contribution is -2.29. The third-order valence-corrected chi connectivity index (χ3v) is 24.2. The summed E-state index contributed by atoms with van der Waals surface area (Å²) in [5, 5.41) is 44.8. The standard InChI is InChI=1S/C41H25N3O.C31H18ClN3O.C19H12ClN3.C12H7BClO3.C10H9BO2/c1-2-12-28(13-3-1)39-42-40(32-21-19-27-11-5-7-15-30(27)25-32)44-41(43-39)34-22-23-36-38(33-16-8-9-17-35(33)45-36)37(34)31-20-18-26-10-4-6-14-29(26)24-31;32-28-24(16-17-26-27(28)23-12-6-7-13-25(23)36-26)31-34-29(20-9-2-1-3-10-20)33-30(35-31)22-15-14-19-8-4-5-11-21(19)18-22;20-19-22-17(14-7-2-1-3-8-14)21-18(23-19)16-11-10-13-6-4-5-9-15(13)12-16;14-12-10(17-13-15)6-5-9-11(12)7-3-1-2-4-8(7)16-9;12-11(13)10-6-5-8-3-1-2-4-9(8)7-10/h1-25H;1-18H;1-12H;1-6,15H;1-7,12-13H. The normalized spacial score (nSPS) is 11.2. The van der Waals surface area contributed by atoms with Crippen LogP contribution in [0.4, 0.5) is 0 Å². The molecule has 134 heavy (non-hydrogen) atoms. The van der Waals surface area contributed by atoms with Gasteiger partial charge in [-0.1, -0.05) is 357 Å².